The Morgan fingerprint density at radius 2 is 2.12 bits per heavy atom. The van der Waals surface area contributed by atoms with Crippen molar-refractivity contribution in [3.05, 3.63) is 47.9 Å². The molecule has 2 aromatic rings. The summed E-state index contributed by atoms with van der Waals surface area (Å²) in [6.45, 7) is 5.68. The Bertz CT molecular complexity index is 722. The number of hydrogen-bond donors (Lipinski definition) is 0. The molecule has 4 heterocycles. The van der Waals surface area contributed by atoms with Gasteiger partial charge in [0.15, 0.2) is 0 Å². The quantitative estimate of drug-likeness (QED) is 0.866. The fourth-order valence-electron chi connectivity index (χ4n) is 4.00. The van der Waals surface area contributed by atoms with E-state index in [0.29, 0.717) is 18.5 Å². The van der Waals surface area contributed by atoms with Crippen molar-refractivity contribution < 1.29 is 4.39 Å². The molecule has 6 heteroatoms. The minimum absolute atomic E-state index is 0.208. The van der Waals surface area contributed by atoms with Crippen molar-refractivity contribution in [1.82, 2.24) is 19.9 Å². The van der Waals surface area contributed by atoms with Gasteiger partial charge in [-0.1, -0.05) is 0 Å². The number of halogens is 1. The Balaban J connectivity index is 1.50. The Labute approximate surface area is 141 Å². The van der Waals surface area contributed by atoms with Crippen molar-refractivity contribution in [2.24, 2.45) is 5.92 Å². The summed E-state index contributed by atoms with van der Waals surface area (Å²) in [7, 11) is 0. The van der Waals surface area contributed by atoms with Gasteiger partial charge in [0.25, 0.3) is 0 Å². The van der Waals surface area contributed by atoms with Gasteiger partial charge in [-0.25, -0.2) is 14.4 Å². The van der Waals surface area contributed by atoms with Crippen molar-refractivity contribution in [3.63, 3.8) is 0 Å². The molecule has 0 N–H and O–H groups in total. The van der Waals surface area contributed by atoms with Crippen molar-refractivity contribution in [2.45, 2.75) is 32.4 Å². The molecule has 5 nitrogen and oxygen atoms in total. The van der Waals surface area contributed by atoms with Crippen LogP contribution in [0.1, 0.15) is 24.1 Å². The Morgan fingerprint density at radius 3 is 2.96 bits per heavy atom. The van der Waals surface area contributed by atoms with Crippen LogP contribution < -0.4 is 4.90 Å². The monoisotopic (exact) mass is 327 g/mol. The zero-order valence-electron chi connectivity index (χ0n) is 13.9. The molecule has 2 aliphatic rings. The fourth-order valence-corrected chi connectivity index (χ4v) is 4.00. The van der Waals surface area contributed by atoms with E-state index >= 15 is 0 Å². The fraction of sp³-hybridized carbons (Fsp3) is 0.500. The molecule has 0 amide bonds. The van der Waals surface area contributed by atoms with Gasteiger partial charge >= 0.3 is 0 Å². The molecule has 0 aliphatic carbocycles. The molecule has 2 aliphatic heterocycles. The number of nitrogens with zero attached hydrogens (tertiary/aromatic N) is 5. The lowest BCUT2D eigenvalue weighted by molar-refractivity contribution is 0.198. The third kappa shape index (κ3) is 2.98. The van der Waals surface area contributed by atoms with Crippen LogP contribution in [0.4, 0.5) is 10.2 Å². The largest absolute Gasteiger partial charge is 0.355 e. The van der Waals surface area contributed by atoms with E-state index in [-0.39, 0.29) is 5.82 Å². The second-order valence-corrected chi connectivity index (χ2v) is 6.81. The average molecular weight is 327 g/mol. The highest BCUT2D eigenvalue weighted by molar-refractivity contribution is 5.40. The van der Waals surface area contributed by atoms with Gasteiger partial charge < -0.3 is 4.90 Å². The zero-order valence-corrected chi connectivity index (χ0v) is 13.9. The van der Waals surface area contributed by atoms with E-state index in [1.165, 1.54) is 19.0 Å². The Morgan fingerprint density at radius 1 is 1.25 bits per heavy atom. The maximum atomic E-state index is 13.9. The minimum atomic E-state index is -0.208. The highest BCUT2D eigenvalue weighted by Gasteiger charge is 2.38. The van der Waals surface area contributed by atoms with E-state index in [0.717, 1.165) is 36.7 Å². The van der Waals surface area contributed by atoms with Crippen molar-refractivity contribution >= 4 is 5.82 Å². The van der Waals surface area contributed by atoms with E-state index < -0.39 is 0 Å². The first kappa shape index (κ1) is 15.4. The van der Waals surface area contributed by atoms with Gasteiger partial charge in [0.1, 0.15) is 18.0 Å². The molecular weight excluding hydrogens is 305 g/mol. The maximum absolute atomic E-state index is 13.9. The van der Waals surface area contributed by atoms with Gasteiger partial charge in [0.05, 0.1) is 6.20 Å². The second kappa shape index (κ2) is 6.43. The van der Waals surface area contributed by atoms with E-state index in [1.54, 1.807) is 18.6 Å². The molecule has 2 fully saturated rings. The summed E-state index contributed by atoms with van der Waals surface area (Å²) >= 11 is 0. The first-order valence-corrected chi connectivity index (χ1v) is 8.57. The first-order valence-electron chi connectivity index (χ1n) is 8.57. The van der Waals surface area contributed by atoms with Crippen LogP contribution in [0.25, 0.3) is 0 Å². The second-order valence-electron chi connectivity index (χ2n) is 6.81. The number of aryl methyl sites for hydroxylation is 1. The highest BCUT2D eigenvalue weighted by atomic mass is 19.1. The summed E-state index contributed by atoms with van der Waals surface area (Å²) in [6, 6.07) is 4.29. The number of hydrogen-bond acceptors (Lipinski definition) is 5. The molecule has 2 aromatic heterocycles. The smallest absolute Gasteiger partial charge is 0.145 e. The van der Waals surface area contributed by atoms with E-state index in [1.807, 2.05) is 13.0 Å². The molecule has 0 saturated carbocycles. The van der Waals surface area contributed by atoms with Crippen LogP contribution in [0.15, 0.2) is 30.9 Å². The lowest BCUT2D eigenvalue weighted by atomic mass is 9.92. The SMILES string of the molecule is Cc1cc(N2CCC3CCN(Cc4ccncc4F)C3C2)ncn1. The number of aromatic nitrogens is 3. The molecule has 4 rings (SSSR count). The van der Waals surface area contributed by atoms with Gasteiger partial charge in [-0.05, 0) is 38.3 Å². The van der Waals surface area contributed by atoms with E-state index in [4.69, 9.17) is 0 Å². The number of piperidine rings is 1. The van der Waals surface area contributed by atoms with Crippen LogP contribution in [0.2, 0.25) is 0 Å². The van der Waals surface area contributed by atoms with Gasteiger partial charge in [-0.15, -0.1) is 0 Å². The standard InChI is InChI=1S/C18H22FN5/c1-13-8-18(22-12-21-13)24-7-4-14-3-6-23(17(14)11-24)10-15-2-5-20-9-16(15)19/h2,5,8-9,12,14,17H,3-4,6-7,10-11H2,1H3. The summed E-state index contributed by atoms with van der Waals surface area (Å²) in [5, 5.41) is 0. The van der Waals surface area contributed by atoms with Gasteiger partial charge in [0.2, 0.25) is 0 Å². The van der Waals surface area contributed by atoms with E-state index in [2.05, 4.69) is 24.8 Å². The predicted molar refractivity (Wildman–Crippen MR) is 90.1 cm³/mol. The van der Waals surface area contributed by atoms with Gasteiger partial charge in [-0.2, -0.15) is 0 Å². The zero-order chi connectivity index (χ0) is 16.5. The molecule has 24 heavy (non-hydrogen) atoms. The molecule has 0 spiro atoms. The molecule has 0 aromatic carbocycles. The summed E-state index contributed by atoms with van der Waals surface area (Å²) in [5.41, 5.74) is 1.73. The Kier molecular flexibility index (Phi) is 4.14. The lowest BCUT2D eigenvalue weighted by Gasteiger charge is -2.39. The van der Waals surface area contributed by atoms with Crippen molar-refractivity contribution in [3.8, 4) is 0 Å². The van der Waals surface area contributed by atoms with Crippen molar-refractivity contribution in [1.29, 1.82) is 0 Å². The van der Waals surface area contributed by atoms with Gasteiger partial charge in [0, 0.05) is 49.2 Å². The molecule has 2 saturated heterocycles. The molecule has 2 unspecified atom stereocenters. The third-order valence-corrected chi connectivity index (χ3v) is 5.32. The minimum Gasteiger partial charge on any atom is -0.355 e. The molecular formula is C18H22FN5. The number of anilines is 1. The molecule has 2 atom stereocenters. The summed E-state index contributed by atoms with van der Waals surface area (Å²) < 4.78 is 13.9. The predicted octanol–water partition coefficient (Wildman–Crippen LogP) is 2.42. The van der Waals surface area contributed by atoms with Crippen LogP contribution in [0, 0.1) is 18.7 Å². The summed E-state index contributed by atoms with van der Waals surface area (Å²) in [6.07, 6.45) is 6.98. The van der Waals surface area contributed by atoms with Crippen molar-refractivity contribution in [2.75, 3.05) is 24.5 Å². The maximum Gasteiger partial charge on any atom is 0.145 e. The topological polar surface area (TPSA) is 45.2 Å². The highest BCUT2D eigenvalue weighted by Crippen LogP contribution is 2.34. The van der Waals surface area contributed by atoms with Crippen LogP contribution in [0.3, 0.4) is 0 Å². The van der Waals surface area contributed by atoms with Crippen LogP contribution >= 0.6 is 0 Å². The summed E-state index contributed by atoms with van der Waals surface area (Å²) in [4.78, 5) is 17.2. The third-order valence-electron chi connectivity index (χ3n) is 5.32. The Hall–Kier alpha value is -2.08. The van der Waals surface area contributed by atoms with E-state index in [9.17, 15) is 4.39 Å². The van der Waals surface area contributed by atoms with Crippen LogP contribution in [-0.2, 0) is 6.54 Å². The number of pyridine rings is 1. The van der Waals surface area contributed by atoms with Gasteiger partial charge in [-0.3, -0.25) is 9.88 Å². The molecule has 0 bridgehead atoms. The normalized spacial score (nSPS) is 24.2. The van der Waals surface area contributed by atoms with Crippen LogP contribution in [-0.4, -0.2) is 45.5 Å². The molecule has 126 valence electrons. The lowest BCUT2D eigenvalue weighted by Crippen LogP contribution is -2.48. The number of likely N-dealkylation sites (tertiary alicyclic amines) is 1. The average Bonchev–Trinajstić information content (AvgIpc) is 2.99. The number of rotatable bonds is 3. The van der Waals surface area contributed by atoms with Crippen LogP contribution in [0.5, 0.6) is 0 Å². The number of fused-ring (bicyclic) bond motifs is 1. The first-order chi connectivity index (χ1) is 11.7. The summed E-state index contributed by atoms with van der Waals surface area (Å²) in [5.74, 6) is 1.50. The molecule has 0 radical (unpaired) electrons.